The smallest absolute Gasteiger partial charge is 0.248 e. The molecule has 0 aliphatic carbocycles. The van der Waals surface area contributed by atoms with Gasteiger partial charge in [0.15, 0.2) is 11.5 Å². The summed E-state index contributed by atoms with van der Waals surface area (Å²) in [4.78, 5) is 12.2. The van der Waals surface area contributed by atoms with E-state index >= 15 is 0 Å². The lowest BCUT2D eigenvalue weighted by molar-refractivity contribution is -0.111. The van der Waals surface area contributed by atoms with Crippen LogP contribution in [0.1, 0.15) is 22.3 Å². The van der Waals surface area contributed by atoms with Gasteiger partial charge in [0.1, 0.15) is 6.61 Å². The molecule has 3 aromatic rings. The van der Waals surface area contributed by atoms with Crippen LogP contribution in [0.15, 0.2) is 72.8 Å². The molecule has 0 bridgehead atoms. The second kappa shape index (κ2) is 9.60. The van der Waals surface area contributed by atoms with Crippen LogP contribution in [0.25, 0.3) is 6.08 Å². The third kappa shape index (κ3) is 5.72. The van der Waals surface area contributed by atoms with Crippen LogP contribution in [0.2, 0.25) is 0 Å². The van der Waals surface area contributed by atoms with Gasteiger partial charge in [0.05, 0.1) is 7.11 Å². The second-order valence-corrected chi connectivity index (χ2v) is 6.81. The number of rotatable bonds is 7. The number of hydrogen-bond acceptors (Lipinski definition) is 3. The highest BCUT2D eigenvalue weighted by molar-refractivity contribution is 6.02. The maximum Gasteiger partial charge on any atom is 0.248 e. The highest BCUT2D eigenvalue weighted by atomic mass is 16.5. The van der Waals surface area contributed by atoms with E-state index in [9.17, 15) is 4.79 Å². The van der Waals surface area contributed by atoms with Crippen molar-refractivity contribution in [2.45, 2.75) is 20.5 Å². The number of anilines is 1. The van der Waals surface area contributed by atoms with Crippen LogP contribution in [0.5, 0.6) is 11.5 Å². The molecule has 0 spiro atoms. The highest BCUT2D eigenvalue weighted by Gasteiger charge is 2.06. The predicted molar refractivity (Wildman–Crippen MR) is 117 cm³/mol. The van der Waals surface area contributed by atoms with Crippen LogP contribution in [0.4, 0.5) is 5.69 Å². The molecule has 0 aliphatic heterocycles. The fourth-order valence-electron chi connectivity index (χ4n) is 2.82. The average molecular weight is 387 g/mol. The Kier molecular flexibility index (Phi) is 6.69. The number of nitrogens with one attached hydrogen (secondary N) is 1. The van der Waals surface area contributed by atoms with Crippen LogP contribution in [0, 0.1) is 13.8 Å². The van der Waals surface area contributed by atoms with Crippen molar-refractivity contribution in [1.82, 2.24) is 0 Å². The molecule has 3 aromatic carbocycles. The molecule has 0 saturated heterocycles. The van der Waals surface area contributed by atoms with E-state index in [2.05, 4.69) is 5.32 Å². The Labute approximate surface area is 171 Å². The Morgan fingerprint density at radius 2 is 1.72 bits per heavy atom. The largest absolute Gasteiger partial charge is 0.493 e. The quantitative estimate of drug-likeness (QED) is 0.541. The Morgan fingerprint density at radius 3 is 2.45 bits per heavy atom. The summed E-state index contributed by atoms with van der Waals surface area (Å²) in [6.07, 6.45) is 3.26. The van der Waals surface area contributed by atoms with Crippen LogP contribution in [0.3, 0.4) is 0 Å². The second-order valence-electron chi connectivity index (χ2n) is 6.81. The van der Waals surface area contributed by atoms with Crippen molar-refractivity contribution < 1.29 is 14.3 Å². The lowest BCUT2D eigenvalue weighted by atomic mass is 10.1. The zero-order valence-corrected chi connectivity index (χ0v) is 16.9. The first-order valence-electron chi connectivity index (χ1n) is 9.46. The summed E-state index contributed by atoms with van der Waals surface area (Å²) in [5.74, 6) is 1.10. The van der Waals surface area contributed by atoms with Gasteiger partial charge in [0, 0.05) is 11.8 Å². The molecule has 29 heavy (non-hydrogen) atoms. The Hall–Kier alpha value is -3.53. The number of aryl methyl sites for hydroxylation is 2. The predicted octanol–water partition coefficient (Wildman–Crippen LogP) is 5.54. The van der Waals surface area contributed by atoms with Gasteiger partial charge in [0.25, 0.3) is 0 Å². The summed E-state index contributed by atoms with van der Waals surface area (Å²) >= 11 is 0. The SMILES string of the molecule is COc1cc(C=CC(=O)Nc2ccc(C)c(C)c2)ccc1OCc1ccccc1. The van der Waals surface area contributed by atoms with Crippen LogP contribution in [-0.4, -0.2) is 13.0 Å². The summed E-state index contributed by atoms with van der Waals surface area (Å²) in [5.41, 5.74) is 5.05. The lowest BCUT2D eigenvalue weighted by Gasteiger charge is -2.11. The maximum absolute atomic E-state index is 12.2. The third-order valence-electron chi connectivity index (χ3n) is 4.63. The Morgan fingerprint density at radius 1 is 0.931 bits per heavy atom. The first-order chi connectivity index (χ1) is 14.0. The molecule has 0 saturated carbocycles. The van der Waals surface area contributed by atoms with Gasteiger partial charge in [-0.1, -0.05) is 42.5 Å². The van der Waals surface area contributed by atoms with Crippen LogP contribution < -0.4 is 14.8 Å². The fraction of sp³-hybridized carbons (Fsp3) is 0.160. The number of amides is 1. The molecule has 0 atom stereocenters. The molecule has 0 heterocycles. The number of carbonyl (C=O) groups is 1. The summed E-state index contributed by atoms with van der Waals surface area (Å²) in [7, 11) is 1.60. The number of benzene rings is 3. The van der Waals surface area contributed by atoms with E-state index < -0.39 is 0 Å². The van der Waals surface area contributed by atoms with E-state index in [1.807, 2.05) is 80.6 Å². The number of ether oxygens (including phenoxy) is 2. The molecule has 3 rings (SSSR count). The van der Waals surface area contributed by atoms with Gasteiger partial charge >= 0.3 is 0 Å². The van der Waals surface area contributed by atoms with E-state index in [1.165, 1.54) is 11.6 Å². The van der Waals surface area contributed by atoms with E-state index in [-0.39, 0.29) is 5.91 Å². The van der Waals surface area contributed by atoms with E-state index in [0.29, 0.717) is 18.1 Å². The first kappa shape index (κ1) is 20.2. The summed E-state index contributed by atoms with van der Waals surface area (Å²) in [5, 5.41) is 2.88. The normalized spacial score (nSPS) is 10.7. The topological polar surface area (TPSA) is 47.6 Å². The van der Waals surface area contributed by atoms with Gasteiger partial charge in [-0.15, -0.1) is 0 Å². The van der Waals surface area contributed by atoms with E-state index in [4.69, 9.17) is 9.47 Å². The van der Waals surface area contributed by atoms with Crippen molar-refractivity contribution in [3.05, 3.63) is 95.1 Å². The molecule has 4 nitrogen and oxygen atoms in total. The number of carbonyl (C=O) groups excluding carboxylic acids is 1. The molecule has 0 aliphatic rings. The monoisotopic (exact) mass is 387 g/mol. The van der Waals surface area contributed by atoms with Gasteiger partial charge in [-0.05, 0) is 66.4 Å². The van der Waals surface area contributed by atoms with Gasteiger partial charge in [-0.25, -0.2) is 0 Å². The third-order valence-corrected chi connectivity index (χ3v) is 4.63. The molecular formula is C25H25NO3. The number of hydrogen-bond donors (Lipinski definition) is 1. The van der Waals surface area contributed by atoms with Crippen molar-refractivity contribution in [3.63, 3.8) is 0 Å². The average Bonchev–Trinajstić information content (AvgIpc) is 2.74. The lowest BCUT2D eigenvalue weighted by Crippen LogP contribution is -2.07. The Bertz CT molecular complexity index is 1010. The molecule has 0 radical (unpaired) electrons. The molecule has 0 fully saturated rings. The summed E-state index contributed by atoms with van der Waals surface area (Å²) in [6.45, 7) is 4.53. The maximum atomic E-state index is 12.2. The summed E-state index contributed by atoms with van der Waals surface area (Å²) < 4.78 is 11.3. The minimum absolute atomic E-state index is 0.184. The molecule has 0 unspecified atom stereocenters. The summed E-state index contributed by atoms with van der Waals surface area (Å²) in [6, 6.07) is 21.4. The molecule has 148 valence electrons. The Balaban J connectivity index is 1.64. The molecule has 1 N–H and O–H groups in total. The van der Waals surface area contributed by atoms with Crippen molar-refractivity contribution in [1.29, 1.82) is 0 Å². The molecular weight excluding hydrogens is 362 g/mol. The first-order valence-corrected chi connectivity index (χ1v) is 9.46. The molecule has 4 heteroatoms. The van der Waals surface area contributed by atoms with Crippen LogP contribution in [-0.2, 0) is 11.4 Å². The molecule has 0 aromatic heterocycles. The van der Waals surface area contributed by atoms with Gasteiger partial charge in [-0.2, -0.15) is 0 Å². The number of methoxy groups -OCH3 is 1. The van der Waals surface area contributed by atoms with E-state index in [0.717, 1.165) is 22.4 Å². The van der Waals surface area contributed by atoms with Gasteiger partial charge in [0.2, 0.25) is 5.91 Å². The van der Waals surface area contributed by atoms with Crippen molar-refractivity contribution in [3.8, 4) is 11.5 Å². The van der Waals surface area contributed by atoms with Crippen LogP contribution >= 0.6 is 0 Å². The van der Waals surface area contributed by atoms with Gasteiger partial charge < -0.3 is 14.8 Å². The van der Waals surface area contributed by atoms with Crippen molar-refractivity contribution in [2.75, 3.05) is 12.4 Å². The minimum atomic E-state index is -0.184. The zero-order chi connectivity index (χ0) is 20.6. The van der Waals surface area contributed by atoms with Crippen molar-refractivity contribution in [2.24, 2.45) is 0 Å². The van der Waals surface area contributed by atoms with Gasteiger partial charge in [-0.3, -0.25) is 4.79 Å². The standard InChI is InChI=1S/C25H25NO3/c1-18-9-12-22(15-19(18)2)26-25(27)14-11-20-10-13-23(24(16-20)28-3)29-17-21-7-5-4-6-8-21/h4-16H,17H2,1-3H3,(H,26,27). The highest BCUT2D eigenvalue weighted by Crippen LogP contribution is 2.29. The van der Waals surface area contributed by atoms with E-state index in [1.54, 1.807) is 13.2 Å². The van der Waals surface area contributed by atoms with Crippen molar-refractivity contribution >= 4 is 17.7 Å². The zero-order valence-electron chi connectivity index (χ0n) is 16.9. The molecule has 1 amide bonds. The minimum Gasteiger partial charge on any atom is -0.493 e. The fourth-order valence-corrected chi connectivity index (χ4v) is 2.82.